The lowest BCUT2D eigenvalue weighted by atomic mass is 10.1. The Kier molecular flexibility index (Phi) is 5.52. The van der Waals surface area contributed by atoms with Crippen molar-refractivity contribution in [3.63, 3.8) is 0 Å². The number of benzene rings is 2. The molecule has 2 heterocycles. The summed E-state index contributed by atoms with van der Waals surface area (Å²) >= 11 is 7.42. The minimum atomic E-state index is -4.58. The minimum absolute atomic E-state index is 0.0570. The van der Waals surface area contributed by atoms with Gasteiger partial charge in [0.15, 0.2) is 15.0 Å². The van der Waals surface area contributed by atoms with Crippen molar-refractivity contribution in [2.75, 3.05) is 16.4 Å². The fourth-order valence-electron chi connectivity index (χ4n) is 3.56. The van der Waals surface area contributed by atoms with Gasteiger partial charge in [-0.2, -0.15) is 13.2 Å². The Labute approximate surface area is 179 Å². The van der Waals surface area contributed by atoms with E-state index in [2.05, 4.69) is 4.99 Å². The van der Waals surface area contributed by atoms with Crippen LogP contribution in [0.2, 0.25) is 5.02 Å². The number of hydrogen-bond donors (Lipinski definition) is 0. The van der Waals surface area contributed by atoms with Crippen molar-refractivity contribution < 1.29 is 26.0 Å². The predicted octanol–water partition coefficient (Wildman–Crippen LogP) is 4.77. The van der Waals surface area contributed by atoms with Crippen molar-refractivity contribution in [2.24, 2.45) is 4.99 Å². The normalized spacial score (nSPS) is 22.8. The van der Waals surface area contributed by atoms with Gasteiger partial charge in [0.05, 0.1) is 39.9 Å². The Balaban J connectivity index is 1.70. The van der Waals surface area contributed by atoms with E-state index in [-0.39, 0.29) is 22.2 Å². The Morgan fingerprint density at radius 1 is 1.17 bits per heavy atom. The first kappa shape index (κ1) is 21.5. The lowest BCUT2D eigenvalue weighted by Crippen LogP contribution is -2.39. The summed E-state index contributed by atoms with van der Waals surface area (Å²) in [4.78, 5) is 5.95. The SMILES string of the molecule is O=S1(=O)CC2N=C(SCc3cccc(F)c3)N(c3cc(C(F)(F)F)ccc3Cl)C2C1. The van der Waals surface area contributed by atoms with Crippen LogP contribution in [0.25, 0.3) is 0 Å². The van der Waals surface area contributed by atoms with Crippen molar-refractivity contribution in [3.05, 3.63) is 64.4 Å². The predicted molar refractivity (Wildman–Crippen MR) is 110 cm³/mol. The van der Waals surface area contributed by atoms with Gasteiger partial charge in [-0.1, -0.05) is 35.5 Å². The van der Waals surface area contributed by atoms with E-state index in [9.17, 15) is 26.0 Å². The van der Waals surface area contributed by atoms with Gasteiger partial charge in [0.1, 0.15) is 5.82 Å². The number of sulfone groups is 1. The van der Waals surface area contributed by atoms with Crippen molar-refractivity contribution >= 4 is 44.1 Å². The quantitative estimate of drug-likeness (QED) is 0.596. The van der Waals surface area contributed by atoms with E-state index in [1.165, 1.54) is 28.8 Å². The highest BCUT2D eigenvalue weighted by Gasteiger charge is 2.48. The standard InChI is InChI=1S/C19H15ClF4N2O2S2/c20-14-5-4-12(19(22,23)24)7-16(14)26-17-10-30(27,28)9-15(17)25-18(26)29-8-11-2-1-3-13(21)6-11/h1-7,15,17H,8-10H2. The number of fused-ring (bicyclic) bond motifs is 1. The maximum atomic E-state index is 13.5. The summed E-state index contributed by atoms with van der Waals surface area (Å²) in [6.45, 7) is 0. The van der Waals surface area contributed by atoms with Crippen LogP contribution in [0.4, 0.5) is 23.2 Å². The molecule has 4 nitrogen and oxygen atoms in total. The first-order chi connectivity index (χ1) is 14.0. The molecule has 30 heavy (non-hydrogen) atoms. The summed E-state index contributed by atoms with van der Waals surface area (Å²) in [5, 5.41) is 0.428. The number of halogens is 5. The van der Waals surface area contributed by atoms with E-state index >= 15 is 0 Å². The molecule has 160 valence electrons. The largest absolute Gasteiger partial charge is 0.416 e. The number of rotatable bonds is 3. The fraction of sp³-hybridized carbons (Fsp3) is 0.316. The number of hydrogen-bond acceptors (Lipinski definition) is 5. The molecule has 1 fully saturated rings. The molecule has 2 aliphatic rings. The van der Waals surface area contributed by atoms with Crippen LogP contribution in [0.3, 0.4) is 0 Å². The topological polar surface area (TPSA) is 49.7 Å². The van der Waals surface area contributed by atoms with Crippen LogP contribution in [0, 0.1) is 5.82 Å². The molecule has 11 heteroatoms. The third-order valence-corrected chi connectivity index (χ3v) is 7.95. The molecule has 0 radical (unpaired) electrons. The van der Waals surface area contributed by atoms with Crippen LogP contribution >= 0.6 is 23.4 Å². The van der Waals surface area contributed by atoms with E-state index in [0.717, 1.165) is 18.2 Å². The van der Waals surface area contributed by atoms with Crippen LogP contribution in [0.1, 0.15) is 11.1 Å². The maximum absolute atomic E-state index is 13.5. The van der Waals surface area contributed by atoms with E-state index in [1.807, 2.05) is 0 Å². The summed E-state index contributed by atoms with van der Waals surface area (Å²) in [5.74, 6) is -0.482. The summed E-state index contributed by atoms with van der Waals surface area (Å²) in [6.07, 6.45) is -4.58. The van der Waals surface area contributed by atoms with Gasteiger partial charge in [-0.3, -0.25) is 4.99 Å². The third-order valence-electron chi connectivity index (χ3n) is 4.90. The molecule has 0 spiro atoms. The highest BCUT2D eigenvalue weighted by Crippen LogP contribution is 2.41. The monoisotopic (exact) mass is 478 g/mol. The summed E-state index contributed by atoms with van der Waals surface area (Å²) in [5.41, 5.74) is -0.162. The zero-order valence-electron chi connectivity index (χ0n) is 15.2. The minimum Gasteiger partial charge on any atom is -0.313 e. The van der Waals surface area contributed by atoms with E-state index in [1.54, 1.807) is 12.1 Å². The molecule has 0 amide bonds. The maximum Gasteiger partial charge on any atom is 0.416 e. The molecule has 2 aliphatic heterocycles. The number of amidine groups is 1. The van der Waals surface area contributed by atoms with Gasteiger partial charge in [0, 0.05) is 5.75 Å². The molecule has 2 unspecified atom stereocenters. The average molecular weight is 479 g/mol. The average Bonchev–Trinajstić information content (AvgIpc) is 3.11. The molecule has 0 N–H and O–H groups in total. The van der Waals surface area contributed by atoms with Crippen molar-refractivity contribution in [2.45, 2.75) is 24.0 Å². The van der Waals surface area contributed by atoms with Crippen LogP contribution in [-0.2, 0) is 21.8 Å². The second kappa shape index (κ2) is 7.72. The number of thioether (sulfide) groups is 1. The highest BCUT2D eigenvalue weighted by molar-refractivity contribution is 8.13. The molecule has 1 saturated heterocycles. The molecule has 2 aromatic carbocycles. The lowest BCUT2D eigenvalue weighted by molar-refractivity contribution is -0.137. The van der Waals surface area contributed by atoms with Crippen molar-refractivity contribution in [3.8, 4) is 0 Å². The Bertz CT molecular complexity index is 1120. The zero-order chi connectivity index (χ0) is 21.7. The second-order valence-corrected chi connectivity index (χ2v) is 10.6. The van der Waals surface area contributed by atoms with Crippen molar-refractivity contribution in [1.29, 1.82) is 0 Å². The van der Waals surface area contributed by atoms with Gasteiger partial charge in [0.25, 0.3) is 0 Å². The van der Waals surface area contributed by atoms with Crippen LogP contribution < -0.4 is 4.90 Å². The van der Waals surface area contributed by atoms with Gasteiger partial charge in [-0.15, -0.1) is 0 Å². The first-order valence-electron chi connectivity index (χ1n) is 8.85. The van der Waals surface area contributed by atoms with E-state index in [0.29, 0.717) is 16.5 Å². The smallest absolute Gasteiger partial charge is 0.313 e. The molecule has 0 aliphatic carbocycles. The second-order valence-electron chi connectivity index (χ2n) is 7.08. The lowest BCUT2D eigenvalue weighted by Gasteiger charge is -2.28. The Hall–Kier alpha value is -1.78. The van der Waals surface area contributed by atoms with Crippen LogP contribution in [0.5, 0.6) is 0 Å². The Morgan fingerprint density at radius 2 is 1.93 bits per heavy atom. The third kappa shape index (κ3) is 4.31. The molecule has 2 atom stereocenters. The molecular formula is C19H15ClF4N2O2S2. The molecule has 0 saturated carbocycles. The van der Waals surface area contributed by atoms with Gasteiger partial charge in [-0.05, 0) is 35.9 Å². The number of nitrogens with zero attached hydrogens (tertiary/aromatic N) is 2. The van der Waals surface area contributed by atoms with Gasteiger partial charge < -0.3 is 4.90 Å². The number of aliphatic imine (C=N–C) groups is 1. The fourth-order valence-corrected chi connectivity index (χ4v) is 6.67. The molecule has 0 bridgehead atoms. The summed E-state index contributed by atoms with van der Waals surface area (Å²) < 4.78 is 77.4. The highest BCUT2D eigenvalue weighted by atomic mass is 35.5. The molecule has 4 rings (SSSR count). The van der Waals surface area contributed by atoms with Crippen LogP contribution in [-0.4, -0.2) is 37.2 Å². The van der Waals surface area contributed by atoms with Gasteiger partial charge in [-0.25, -0.2) is 12.8 Å². The van der Waals surface area contributed by atoms with E-state index in [4.69, 9.17) is 11.6 Å². The van der Waals surface area contributed by atoms with E-state index < -0.39 is 39.5 Å². The van der Waals surface area contributed by atoms with Crippen molar-refractivity contribution in [1.82, 2.24) is 0 Å². The Morgan fingerprint density at radius 3 is 2.63 bits per heavy atom. The molecule has 0 aromatic heterocycles. The van der Waals surface area contributed by atoms with Gasteiger partial charge >= 0.3 is 6.18 Å². The van der Waals surface area contributed by atoms with Gasteiger partial charge in [0.2, 0.25) is 0 Å². The first-order valence-corrected chi connectivity index (χ1v) is 12.0. The zero-order valence-corrected chi connectivity index (χ0v) is 17.6. The molecular weight excluding hydrogens is 464 g/mol. The number of anilines is 1. The summed E-state index contributed by atoms with van der Waals surface area (Å²) in [7, 11) is -3.37. The summed E-state index contributed by atoms with van der Waals surface area (Å²) in [6, 6.07) is 7.66. The van der Waals surface area contributed by atoms with Crippen LogP contribution in [0.15, 0.2) is 47.5 Å². The molecule has 2 aromatic rings. The number of alkyl halides is 3.